The van der Waals surface area contributed by atoms with Gasteiger partial charge >= 0.3 is 18.0 Å². The zero-order valence-electron chi connectivity index (χ0n) is 20.2. The van der Waals surface area contributed by atoms with Crippen LogP contribution in [0, 0.1) is 0 Å². The van der Waals surface area contributed by atoms with Gasteiger partial charge in [0.05, 0.1) is 13.0 Å². The van der Waals surface area contributed by atoms with Crippen molar-refractivity contribution in [2.75, 3.05) is 24.7 Å². The molecule has 0 spiro atoms. The molecule has 0 aromatic rings. The van der Waals surface area contributed by atoms with Gasteiger partial charge in [-0.1, -0.05) is 34.9 Å². The highest BCUT2D eigenvalue weighted by Crippen LogP contribution is 2.13. The third kappa shape index (κ3) is 17.5. The molecule has 0 fully saturated rings. The minimum atomic E-state index is -1.09. The third-order valence-corrected chi connectivity index (χ3v) is 5.45. The summed E-state index contributed by atoms with van der Waals surface area (Å²) < 4.78 is 4.77. The maximum Gasteiger partial charge on any atom is 0.327 e. The topological polar surface area (TPSA) is 105 Å². The predicted molar refractivity (Wildman–Crippen MR) is 132 cm³/mol. The number of carbonyl (C=O) groups is 3. The second kappa shape index (κ2) is 18.4. The Kier molecular flexibility index (Phi) is 17.1. The number of carboxylic acids is 1. The van der Waals surface area contributed by atoms with Crippen molar-refractivity contribution in [2.45, 2.75) is 72.8 Å². The van der Waals surface area contributed by atoms with Crippen LogP contribution in [-0.4, -0.2) is 53.8 Å². The number of aliphatic carboxylic acids is 1. The molecule has 1 unspecified atom stereocenters. The molecule has 0 aliphatic rings. The monoisotopic (exact) mass is 468 g/mol. The maximum absolute atomic E-state index is 11.8. The smallest absolute Gasteiger partial charge is 0.327 e. The zero-order chi connectivity index (χ0) is 24.4. The molecule has 0 radical (unpaired) electrons. The number of ether oxygens (including phenoxy) is 1. The van der Waals surface area contributed by atoms with Crippen LogP contribution in [0.3, 0.4) is 0 Å². The summed E-state index contributed by atoms with van der Waals surface area (Å²) in [7, 11) is 0. The third-order valence-electron chi connectivity index (χ3n) is 4.48. The van der Waals surface area contributed by atoms with Crippen LogP contribution in [0.25, 0.3) is 0 Å². The van der Waals surface area contributed by atoms with E-state index in [0.717, 1.165) is 25.7 Å². The average molecular weight is 469 g/mol. The van der Waals surface area contributed by atoms with Crippen molar-refractivity contribution in [2.24, 2.45) is 0 Å². The molecule has 0 aliphatic heterocycles. The molecule has 8 heteroatoms. The van der Waals surface area contributed by atoms with Crippen molar-refractivity contribution in [3.05, 3.63) is 34.9 Å². The molecular weight excluding hydrogens is 428 g/mol. The quantitative estimate of drug-likeness (QED) is 0.170. The summed E-state index contributed by atoms with van der Waals surface area (Å²) in [5.74, 6) is -0.555. The summed E-state index contributed by atoms with van der Waals surface area (Å²) >= 11 is 1.45. The largest absolute Gasteiger partial charge is 0.480 e. The number of thioether (sulfide) groups is 1. The molecule has 0 heterocycles. The number of hydrogen-bond acceptors (Lipinski definition) is 5. The molecule has 0 aliphatic carbocycles. The van der Waals surface area contributed by atoms with Gasteiger partial charge in [-0.05, 0) is 60.3 Å². The fourth-order valence-electron chi connectivity index (χ4n) is 2.62. The molecule has 32 heavy (non-hydrogen) atoms. The Morgan fingerprint density at radius 3 is 2.19 bits per heavy atom. The van der Waals surface area contributed by atoms with E-state index in [1.54, 1.807) is 6.92 Å². The minimum Gasteiger partial charge on any atom is -0.480 e. The molecule has 3 N–H and O–H groups in total. The molecule has 0 saturated heterocycles. The number of carbonyl (C=O) groups excluding carboxylic acids is 2. The summed E-state index contributed by atoms with van der Waals surface area (Å²) in [6.07, 6.45) is 10.8. The summed E-state index contributed by atoms with van der Waals surface area (Å²) in [5.41, 5.74) is 4.02. The molecule has 0 saturated carbocycles. The normalized spacial score (nSPS) is 12.7. The molecule has 182 valence electrons. The van der Waals surface area contributed by atoms with Crippen LogP contribution < -0.4 is 10.6 Å². The van der Waals surface area contributed by atoms with E-state index in [4.69, 9.17) is 4.74 Å². The van der Waals surface area contributed by atoms with Gasteiger partial charge in [0.2, 0.25) is 0 Å². The van der Waals surface area contributed by atoms with Crippen molar-refractivity contribution in [3.8, 4) is 0 Å². The molecule has 0 aromatic heterocycles. The number of rotatable bonds is 16. The highest BCUT2D eigenvalue weighted by atomic mass is 32.2. The molecule has 0 bridgehead atoms. The van der Waals surface area contributed by atoms with Crippen LogP contribution in [0.4, 0.5) is 4.79 Å². The lowest BCUT2D eigenvalue weighted by molar-refractivity contribution is -0.143. The maximum atomic E-state index is 11.8. The average Bonchev–Trinajstić information content (AvgIpc) is 2.70. The lowest BCUT2D eigenvalue weighted by Gasteiger charge is -2.14. The van der Waals surface area contributed by atoms with Crippen LogP contribution in [-0.2, 0) is 14.3 Å². The Bertz CT molecular complexity index is 682. The lowest BCUT2D eigenvalue weighted by atomic mass is 10.1. The standard InChI is InChI=1S/C24H40N2O5S/c1-6-31-22(27)13-15-25-24(30)26-21(23(28)29)17-32-16-14-20(5)12-8-11-19(4)10-7-9-18(2)3/h9,11,14,21H,6-8,10,12-13,15-17H2,1-5H3,(H,28,29)(H2,25,26,30)/b19-11+,20-14+. The van der Waals surface area contributed by atoms with E-state index in [0.29, 0.717) is 5.75 Å². The fraction of sp³-hybridized carbons (Fsp3) is 0.625. The van der Waals surface area contributed by atoms with Gasteiger partial charge in [0.25, 0.3) is 0 Å². The van der Waals surface area contributed by atoms with Crippen molar-refractivity contribution in [1.29, 1.82) is 0 Å². The van der Waals surface area contributed by atoms with E-state index in [9.17, 15) is 19.5 Å². The van der Waals surface area contributed by atoms with Crippen molar-refractivity contribution >= 4 is 29.7 Å². The Hall–Kier alpha value is -2.22. The van der Waals surface area contributed by atoms with Gasteiger partial charge in [-0.2, -0.15) is 11.8 Å². The van der Waals surface area contributed by atoms with Crippen molar-refractivity contribution in [1.82, 2.24) is 10.6 Å². The minimum absolute atomic E-state index is 0.0436. The van der Waals surface area contributed by atoms with E-state index in [1.807, 2.05) is 0 Å². The Labute approximate surface area is 197 Å². The number of hydrogen-bond donors (Lipinski definition) is 3. The van der Waals surface area contributed by atoms with Gasteiger partial charge in [-0.3, -0.25) is 4.79 Å². The second-order valence-corrected chi connectivity index (χ2v) is 8.92. The van der Waals surface area contributed by atoms with Gasteiger partial charge in [0.15, 0.2) is 0 Å². The second-order valence-electron chi connectivity index (χ2n) is 7.84. The van der Waals surface area contributed by atoms with Gasteiger partial charge in [0.1, 0.15) is 6.04 Å². The van der Waals surface area contributed by atoms with Gasteiger partial charge in [0, 0.05) is 18.1 Å². The SMILES string of the molecule is CCOC(=O)CCNC(=O)NC(CSC/C=C(\C)CC/C=C(\C)CCC=C(C)C)C(=O)O. The summed E-state index contributed by atoms with van der Waals surface area (Å²) in [5, 5.41) is 14.2. The number of amides is 2. The fourth-order valence-corrected chi connectivity index (χ4v) is 3.62. The number of carboxylic acid groups (broad SMARTS) is 1. The lowest BCUT2D eigenvalue weighted by Crippen LogP contribution is -2.47. The van der Waals surface area contributed by atoms with Gasteiger partial charge in [-0.25, -0.2) is 9.59 Å². The van der Waals surface area contributed by atoms with Crippen LogP contribution in [0.15, 0.2) is 34.9 Å². The van der Waals surface area contributed by atoms with Crippen LogP contribution in [0.2, 0.25) is 0 Å². The van der Waals surface area contributed by atoms with Crippen LogP contribution in [0.1, 0.15) is 66.7 Å². The predicted octanol–water partition coefficient (Wildman–Crippen LogP) is 4.84. The van der Waals surface area contributed by atoms with E-state index in [2.05, 4.69) is 56.6 Å². The molecule has 2 amide bonds. The molecule has 7 nitrogen and oxygen atoms in total. The Balaban J connectivity index is 4.20. The molecule has 1 atom stereocenters. The number of esters is 1. The summed E-state index contributed by atoms with van der Waals surface area (Å²) in [6, 6.07) is -1.61. The van der Waals surface area contributed by atoms with Gasteiger partial charge < -0.3 is 20.5 Å². The first-order valence-corrected chi connectivity index (χ1v) is 12.3. The summed E-state index contributed by atoms with van der Waals surface area (Å²) in [6.45, 7) is 10.6. The molecular formula is C24H40N2O5S. The first kappa shape index (κ1) is 29.8. The van der Waals surface area contributed by atoms with Crippen molar-refractivity contribution in [3.63, 3.8) is 0 Å². The number of nitrogens with one attached hydrogen (secondary N) is 2. The Morgan fingerprint density at radius 1 is 0.969 bits per heavy atom. The molecule has 0 aromatic carbocycles. The van der Waals surface area contributed by atoms with Crippen molar-refractivity contribution < 1.29 is 24.2 Å². The van der Waals surface area contributed by atoms with Gasteiger partial charge in [-0.15, -0.1) is 0 Å². The van der Waals surface area contributed by atoms with E-state index in [-0.39, 0.29) is 25.3 Å². The van der Waals surface area contributed by atoms with Crippen LogP contribution >= 0.6 is 11.8 Å². The highest BCUT2D eigenvalue weighted by Gasteiger charge is 2.19. The van der Waals surface area contributed by atoms with Crippen LogP contribution in [0.5, 0.6) is 0 Å². The van der Waals surface area contributed by atoms with E-state index >= 15 is 0 Å². The number of urea groups is 1. The Morgan fingerprint density at radius 2 is 1.59 bits per heavy atom. The first-order valence-electron chi connectivity index (χ1n) is 11.1. The van der Waals surface area contributed by atoms with E-state index < -0.39 is 24.0 Å². The summed E-state index contributed by atoms with van der Waals surface area (Å²) in [4.78, 5) is 34.5. The first-order chi connectivity index (χ1) is 15.1. The molecule has 0 rings (SSSR count). The van der Waals surface area contributed by atoms with E-state index in [1.165, 1.54) is 28.5 Å². The highest BCUT2D eigenvalue weighted by molar-refractivity contribution is 7.99. The number of allylic oxidation sites excluding steroid dienone is 5. The zero-order valence-corrected chi connectivity index (χ0v) is 21.0.